The van der Waals surface area contributed by atoms with E-state index in [1.807, 2.05) is 4.90 Å². The third-order valence-electron chi connectivity index (χ3n) is 5.27. The molecule has 0 saturated carbocycles. The molecule has 2 aromatic rings. The lowest BCUT2D eigenvalue weighted by atomic mass is 9.92. The number of halogens is 3. The summed E-state index contributed by atoms with van der Waals surface area (Å²) in [6.45, 7) is 1.56. The second-order valence-electron chi connectivity index (χ2n) is 7.59. The van der Waals surface area contributed by atoms with Gasteiger partial charge < -0.3 is 26.0 Å². The van der Waals surface area contributed by atoms with E-state index in [0.29, 0.717) is 11.5 Å². The fraction of sp³-hybridized carbons (Fsp3) is 0.400. The maximum atomic E-state index is 12.9. The lowest BCUT2D eigenvalue weighted by Crippen LogP contribution is -2.35. The van der Waals surface area contributed by atoms with Crippen molar-refractivity contribution in [3.63, 3.8) is 0 Å². The van der Waals surface area contributed by atoms with Crippen molar-refractivity contribution >= 4 is 35.1 Å². The molecule has 0 bridgehead atoms. The normalized spacial score (nSPS) is 18.5. The molecule has 4 N–H and O–H groups in total. The zero-order valence-corrected chi connectivity index (χ0v) is 16.9. The second kappa shape index (κ2) is 8.52. The summed E-state index contributed by atoms with van der Waals surface area (Å²) in [4.78, 5) is 35.9. The van der Waals surface area contributed by atoms with Crippen LogP contribution in [0.5, 0.6) is 5.75 Å². The number of amides is 2. The van der Waals surface area contributed by atoms with Crippen LogP contribution in [0.15, 0.2) is 24.3 Å². The molecule has 12 heteroatoms. The molecule has 0 aliphatic carbocycles. The molecule has 1 fully saturated rings. The van der Waals surface area contributed by atoms with E-state index in [-0.39, 0.29) is 23.7 Å². The average molecular weight is 450 g/mol. The number of alkyl halides is 3. The summed E-state index contributed by atoms with van der Waals surface area (Å²) >= 11 is 0. The summed E-state index contributed by atoms with van der Waals surface area (Å²) in [7, 11) is 0. The molecule has 170 valence electrons. The Hall–Kier alpha value is -3.57. The number of carbonyl (C=O) groups is 2. The number of nitrogens with zero attached hydrogens (tertiary/aromatic N) is 3. The number of hydrogen-bond donors (Lipinski definition) is 3. The van der Waals surface area contributed by atoms with Gasteiger partial charge in [0.15, 0.2) is 0 Å². The fourth-order valence-electron chi connectivity index (χ4n) is 3.81. The molecular formula is C20H21F3N6O3. The first-order valence-electron chi connectivity index (χ1n) is 10.1. The third-order valence-corrected chi connectivity index (χ3v) is 5.27. The Morgan fingerprint density at radius 2 is 1.84 bits per heavy atom. The minimum absolute atomic E-state index is 0.102. The molecule has 32 heavy (non-hydrogen) atoms. The molecule has 3 heterocycles. The number of piperidine rings is 1. The van der Waals surface area contributed by atoms with Crippen LogP contribution in [0.1, 0.15) is 37.2 Å². The number of hydrogen-bond acceptors (Lipinski definition) is 7. The zero-order valence-electron chi connectivity index (χ0n) is 16.9. The van der Waals surface area contributed by atoms with Crippen molar-refractivity contribution in [1.29, 1.82) is 0 Å². The monoisotopic (exact) mass is 450 g/mol. The van der Waals surface area contributed by atoms with Crippen molar-refractivity contribution in [2.45, 2.75) is 38.0 Å². The molecule has 1 atom stereocenters. The summed E-state index contributed by atoms with van der Waals surface area (Å²) in [6, 6.07) is 4.68. The highest BCUT2D eigenvalue weighted by Crippen LogP contribution is 2.37. The molecule has 1 aromatic carbocycles. The quantitative estimate of drug-likeness (QED) is 0.654. The smallest absolute Gasteiger partial charge is 0.406 e. The predicted molar refractivity (Wildman–Crippen MR) is 110 cm³/mol. The van der Waals surface area contributed by atoms with Gasteiger partial charge in [0.25, 0.3) is 0 Å². The Morgan fingerprint density at radius 1 is 1.16 bits per heavy atom. The average Bonchev–Trinajstić information content (AvgIpc) is 2.73. The Kier molecular flexibility index (Phi) is 5.76. The maximum absolute atomic E-state index is 12.9. The Labute approximate surface area is 181 Å². The van der Waals surface area contributed by atoms with Crippen LogP contribution in [0, 0.1) is 0 Å². The molecule has 2 aliphatic rings. The largest absolute Gasteiger partial charge is 0.573 e. The standard InChI is InChI=1S/C20H21F3N6O3/c21-20(22,23)32-12-6-4-11(5-7-12)25-18(31)13-10-14(30)26-17-15(13)16(24)27-19(28-17)29-8-2-1-3-9-29/h4-7,13H,1-3,8-10H2,(H,25,31)(H3,24,26,27,28,30)/t13-/m1/s1. The van der Waals surface area contributed by atoms with Crippen molar-refractivity contribution in [1.82, 2.24) is 9.97 Å². The predicted octanol–water partition coefficient (Wildman–Crippen LogP) is 3.01. The fourth-order valence-corrected chi connectivity index (χ4v) is 3.81. The van der Waals surface area contributed by atoms with Crippen molar-refractivity contribution in [3.8, 4) is 5.75 Å². The molecule has 9 nitrogen and oxygen atoms in total. The summed E-state index contributed by atoms with van der Waals surface area (Å²) in [6.07, 6.45) is -1.84. The molecule has 0 spiro atoms. The molecule has 0 unspecified atom stereocenters. The number of benzene rings is 1. The van der Waals surface area contributed by atoms with E-state index in [1.54, 1.807) is 0 Å². The maximum Gasteiger partial charge on any atom is 0.573 e. The van der Waals surface area contributed by atoms with Crippen LogP contribution in [0.25, 0.3) is 0 Å². The summed E-state index contributed by atoms with van der Waals surface area (Å²) in [5.74, 6) is -1.60. The Balaban J connectivity index is 1.54. The third kappa shape index (κ3) is 4.84. The van der Waals surface area contributed by atoms with Crippen LogP contribution < -0.4 is 26.0 Å². The molecule has 0 radical (unpaired) electrons. The number of fused-ring (bicyclic) bond motifs is 1. The molecular weight excluding hydrogens is 429 g/mol. The number of carbonyl (C=O) groups excluding carboxylic acids is 2. The van der Waals surface area contributed by atoms with E-state index in [2.05, 4.69) is 25.3 Å². The summed E-state index contributed by atoms with van der Waals surface area (Å²) in [5, 5.41) is 5.25. The molecule has 2 amide bonds. The van der Waals surface area contributed by atoms with Gasteiger partial charge in [-0.1, -0.05) is 0 Å². The number of ether oxygens (including phenoxy) is 1. The van der Waals surface area contributed by atoms with Gasteiger partial charge in [0.1, 0.15) is 17.4 Å². The van der Waals surface area contributed by atoms with E-state index in [0.717, 1.165) is 44.5 Å². The number of aromatic nitrogens is 2. The minimum Gasteiger partial charge on any atom is -0.406 e. The zero-order chi connectivity index (χ0) is 22.9. The lowest BCUT2D eigenvalue weighted by Gasteiger charge is -2.30. The first-order valence-corrected chi connectivity index (χ1v) is 10.1. The molecule has 4 rings (SSSR count). The van der Waals surface area contributed by atoms with Crippen LogP contribution >= 0.6 is 0 Å². The number of nitrogen functional groups attached to an aromatic ring is 1. The van der Waals surface area contributed by atoms with Crippen LogP contribution in [0.4, 0.5) is 36.4 Å². The van der Waals surface area contributed by atoms with Crippen LogP contribution in [-0.2, 0) is 9.59 Å². The SMILES string of the molecule is Nc1nc(N2CCCCC2)nc2c1[C@H](C(=O)Nc1ccc(OC(F)(F)F)cc1)CC(=O)N2. The Morgan fingerprint density at radius 3 is 2.50 bits per heavy atom. The van der Waals surface area contributed by atoms with Gasteiger partial charge in [-0.3, -0.25) is 9.59 Å². The number of anilines is 4. The van der Waals surface area contributed by atoms with Crippen LogP contribution in [0.2, 0.25) is 0 Å². The van der Waals surface area contributed by atoms with E-state index < -0.39 is 29.8 Å². The number of rotatable bonds is 4. The molecule has 1 aromatic heterocycles. The topological polar surface area (TPSA) is 122 Å². The van der Waals surface area contributed by atoms with Crippen molar-refractivity contribution in [2.24, 2.45) is 0 Å². The van der Waals surface area contributed by atoms with Gasteiger partial charge in [0.05, 0.1) is 11.5 Å². The highest BCUT2D eigenvalue weighted by atomic mass is 19.4. The van der Waals surface area contributed by atoms with Gasteiger partial charge in [0, 0.05) is 25.2 Å². The van der Waals surface area contributed by atoms with Gasteiger partial charge in [0.2, 0.25) is 17.8 Å². The van der Waals surface area contributed by atoms with E-state index in [4.69, 9.17) is 5.73 Å². The van der Waals surface area contributed by atoms with E-state index in [1.165, 1.54) is 12.1 Å². The first kappa shape index (κ1) is 21.7. The number of nitrogens with one attached hydrogen (secondary N) is 2. The van der Waals surface area contributed by atoms with Crippen LogP contribution in [0.3, 0.4) is 0 Å². The van der Waals surface area contributed by atoms with Gasteiger partial charge in [-0.25, -0.2) is 0 Å². The van der Waals surface area contributed by atoms with Gasteiger partial charge >= 0.3 is 6.36 Å². The molecule has 2 aliphatic heterocycles. The minimum atomic E-state index is -4.81. The lowest BCUT2D eigenvalue weighted by molar-refractivity contribution is -0.274. The van der Waals surface area contributed by atoms with Crippen molar-refractivity contribution in [2.75, 3.05) is 34.4 Å². The van der Waals surface area contributed by atoms with E-state index >= 15 is 0 Å². The second-order valence-corrected chi connectivity index (χ2v) is 7.59. The van der Waals surface area contributed by atoms with Gasteiger partial charge in [-0.05, 0) is 43.5 Å². The summed E-state index contributed by atoms with van der Waals surface area (Å²) in [5.41, 5.74) is 6.72. The van der Waals surface area contributed by atoms with Crippen LogP contribution in [-0.4, -0.2) is 41.2 Å². The Bertz CT molecular complexity index is 1020. The highest BCUT2D eigenvalue weighted by Gasteiger charge is 2.35. The summed E-state index contributed by atoms with van der Waals surface area (Å²) < 4.78 is 40.7. The van der Waals surface area contributed by atoms with E-state index in [9.17, 15) is 22.8 Å². The van der Waals surface area contributed by atoms with Gasteiger partial charge in [-0.2, -0.15) is 9.97 Å². The number of nitrogens with two attached hydrogens (primary N) is 1. The van der Waals surface area contributed by atoms with Gasteiger partial charge in [-0.15, -0.1) is 13.2 Å². The van der Waals surface area contributed by atoms with Crippen molar-refractivity contribution in [3.05, 3.63) is 29.8 Å². The highest BCUT2D eigenvalue weighted by molar-refractivity contribution is 6.05. The first-order chi connectivity index (χ1) is 15.2. The van der Waals surface area contributed by atoms with Crippen molar-refractivity contribution < 1.29 is 27.5 Å². The molecule has 1 saturated heterocycles.